The molecule has 3 N–H and O–H groups in total. The zero-order valence-electron chi connectivity index (χ0n) is 16.8. The highest BCUT2D eigenvalue weighted by Crippen LogP contribution is 2.32. The average Bonchev–Trinajstić information content (AvgIpc) is 3.55. The van der Waals surface area contributed by atoms with E-state index in [2.05, 4.69) is 25.3 Å². The van der Waals surface area contributed by atoms with Gasteiger partial charge in [-0.05, 0) is 37.8 Å². The van der Waals surface area contributed by atoms with Crippen molar-refractivity contribution in [3.05, 3.63) is 42.1 Å². The number of ether oxygens (including phenoxy) is 1. The van der Waals surface area contributed by atoms with Crippen LogP contribution in [-0.2, 0) is 10.3 Å². The Morgan fingerprint density at radius 1 is 1.33 bits per heavy atom. The van der Waals surface area contributed by atoms with Crippen molar-refractivity contribution < 1.29 is 14.3 Å². The first-order valence-corrected chi connectivity index (χ1v) is 9.69. The molecule has 1 saturated carbocycles. The number of pyridine rings is 1. The lowest BCUT2D eigenvalue weighted by Crippen LogP contribution is -2.47. The molecule has 2 amide bonds. The van der Waals surface area contributed by atoms with Gasteiger partial charge in [-0.3, -0.25) is 19.5 Å². The fourth-order valence-electron chi connectivity index (χ4n) is 3.05. The number of rotatable bonds is 6. The Morgan fingerprint density at radius 2 is 2.13 bits per heavy atom. The quantitative estimate of drug-likeness (QED) is 0.734. The predicted octanol–water partition coefficient (Wildman–Crippen LogP) is 1.30. The molecule has 0 spiro atoms. The Hall–Kier alpha value is -3.56. The Balaban J connectivity index is 1.46. The van der Waals surface area contributed by atoms with Crippen LogP contribution < -0.4 is 15.8 Å². The molecule has 10 heteroatoms. The van der Waals surface area contributed by atoms with Gasteiger partial charge in [0.25, 0.3) is 5.91 Å². The van der Waals surface area contributed by atoms with Crippen LogP contribution in [0.5, 0.6) is 5.88 Å². The maximum atomic E-state index is 12.5. The second kappa shape index (κ2) is 7.69. The molecule has 3 heterocycles. The van der Waals surface area contributed by atoms with E-state index in [0.29, 0.717) is 29.8 Å². The van der Waals surface area contributed by atoms with Gasteiger partial charge in [-0.15, -0.1) is 0 Å². The summed E-state index contributed by atoms with van der Waals surface area (Å²) in [6.07, 6.45) is 6.86. The van der Waals surface area contributed by atoms with Gasteiger partial charge >= 0.3 is 0 Å². The van der Waals surface area contributed by atoms with Crippen LogP contribution in [0.3, 0.4) is 0 Å². The van der Waals surface area contributed by atoms with Gasteiger partial charge in [0.15, 0.2) is 5.96 Å². The molecule has 0 aromatic carbocycles. The molecule has 2 aromatic heterocycles. The van der Waals surface area contributed by atoms with E-state index in [0.717, 1.165) is 0 Å². The van der Waals surface area contributed by atoms with Crippen molar-refractivity contribution in [3.8, 4) is 5.88 Å². The molecule has 10 nitrogen and oxygen atoms in total. The number of nitrogens with one attached hydrogen (secondary N) is 1. The van der Waals surface area contributed by atoms with Crippen molar-refractivity contribution in [2.75, 3.05) is 19.0 Å². The molecule has 156 valence electrons. The number of aliphatic imine (C=N–C) groups is 1. The molecular formula is C20H23N7O3. The van der Waals surface area contributed by atoms with Crippen LogP contribution in [0.2, 0.25) is 0 Å². The second-order valence-electron chi connectivity index (χ2n) is 7.75. The molecule has 1 unspecified atom stereocenters. The summed E-state index contributed by atoms with van der Waals surface area (Å²) >= 11 is 0. The minimum Gasteiger partial charge on any atom is -0.476 e. The Morgan fingerprint density at radius 3 is 2.80 bits per heavy atom. The maximum absolute atomic E-state index is 12.5. The summed E-state index contributed by atoms with van der Waals surface area (Å²) in [5, 5.41) is 2.77. The number of nitrogens with zero attached hydrogens (tertiary/aromatic N) is 5. The number of nitrogens with two attached hydrogens (primary N) is 1. The third-order valence-electron chi connectivity index (χ3n) is 5.17. The van der Waals surface area contributed by atoms with E-state index in [-0.39, 0.29) is 24.0 Å². The van der Waals surface area contributed by atoms with Crippen LogP contribution in [-0.4, -0.2) is 51.3 Å². The van der Waals surface area contributed by atoms with Crippen molar-refractivity contribution >= 4 is 23.5 Å². The first-order valence-electron chi connectivity index (χ1n) is 9.69. The number of carbonyl (C=O) groups is 2. The third-order valence-corrected chi connectivity index (χ3v) is 5.17. The van der Waals surface area contributed by atoms with Crippen molar-refractivity contribution in [2.24, 2.45) is 16.6 Å². The van der Waals surface area contributed by atoms with Gasteiger partial charge < -0.3 is 15.8 Å². The van der Waals surface area contributed by atoms with Crippen LogP contribution in [0, 0.1) is 5.92 Å². The number of anilines is 1. The smallest absolute Gasteiger partial charge is 0.275 e. The fourth-order valence-corrected chi connectivity index (χ4v) is 3.05. The molecule has 0 bridgehead atoms. The zero-order valence-corrected chi connectivity index (χ0v) is 16.8. The standard InChI is InChI=1S/C20H23N7O3/c1-20(8-17(28)27(2)19(21)26-20)15-7-13(5-6-22-15)25-18(29)14-9-24-16(10-23-14)30-11-12-3-4-12/h5-7,9-10,12H,3-4,8,11H2,1-2H3,(H2,21,26)(H,22,25,29). The lowest BCUT2D eigenvalue weighted by atomic mass is 9.91. The number of carbonyl (C=O) groups excluding carboxylic acids is 2. The van der Waals surface area contributed by atoms with E-state index in [1.807, 2.05) is 0 Å². The number of aromatic nitrogens is 3. The summed E-state index contributed by atoms with van der Waals surface area (Å²) in [4.78, 5) is 43.1. The molecule has 1 fully saturated rings. The minimum atomic E-state index is -0.908. The minimum absolute atomic E-state index is 0.127. The van der Waals surface area contributed by atoms with E-state index < -0.39 is 11.4 Å². The molecular weight excluding hydrogens is 386 g/mol. The number of hydrogen-bond donors (Lipinski definition) is 2. The van der Waals surface area contributed by atoms with Gasteiger partial charge in [0.05, 0.1) is 31.1 Å². The van der Waals surface area contributed by atoms with Crippen LogP contribution in [0.1, 0.15) is 42.4 Å². The number of hydrogen-bond acceptors (Lipinski definition) is 8. The van der Waals surface area contributed by atoms with Crippen LogP contribution in [0.15, 0.2) is 35.7 Å². The Kier molecular flexibility index (Phi) is 5.06. The van der Waals surface area contributed by atoms with E-state index in [1.165, 1.54) is 30.1 Å². The number of guanidine groups is 1. The summed E-state index contributed by atoms with van der Waals surface area (Å²) < 4.78 is 5.53. The summed E-state index contributed by atoms with van der Waals surface area (Å²) in [6, 6.07) is 3.32. The first-order chi connectivity index (χ1) is 14.3. The molecule has 4 rings (SSSR count). The molecule has 0 saturated heterocycles. The average molecular weight is 409 g/mol. The maximum Gasteiger partial charge on any atom is 0.275 e. The van der Waals surface area contributed by atoms with Gasteiger partial charge in [-0.2, -0.15) is 0 Å². The lowest BCUT2D eigenvalue weighted by Gasteiger charge is -2.32. The van der Waals surface area contributed by atoms with Gasteiger partial charge in [-0.25, -0.2) is 15.0 Å². The Labute approximate surface area is 173 Å². The van der Waals surface area contributed by atoms with Gasteiger partial charge in [0.1, 0.15) is 11.2 Å². The topological polar surface area (TPSA) is 136 Å². The largest absolute Gasteiger partial charge is 0.476 e. The van der Waals surface area contributed by atoms with Gasteiger partial charge in [0.2, 0.25) is 11.8 Å². The van der Waals surface area contributed by atoms with E-state index in [9.17, 15) is 9.59 Å². The summed E-state index contributed by atoms with van der Waals surface area (Å²) in [5.74, 6) is 0.572. The molecule has 1 atom stereocenters. The SMILES string of the molecule is CN1C(=O)CC(C)(c2cc(NC(=O)c3cnc(OCC4CC4)cn3)ccn2)N=C1N. The zero-order chi connectivity index (χ0) is 21.3. The predicted molar refractivity (Wildman–Crippen MR) is 109 cm³/mol. The monoisotopic (exact) mass is 409 g/mol. The van der Waals surface area contributed by atoms with Crippen molar-refractivity contribution in [3.63, 3.8) is 0 Å². The highest BCUT2D eigenvalue weighted by Gasteiger charge is 2.37. The van der Waals surface area contributed by atoms with Crippen LogP contribution in [0.4, 0.5) is 5.69 Å². The highest BCUT2D eigenvalue weighted by atomic mass is 16.5. The molecule has 1 aliphatic carbocycles. The molecule has 0 radical (unpaired) electrons. The molecule has 2 aliphatic rings. The van der Waals surface area contributed by atoms with Crippen molar-refractivity contribution in [1.82, 2.24) is 19.9 Å². The number of amides is 2. The normalized spacial score (nSPS) is 21.2. The van der Waals surface area contributed by atoms with Crippen LogP contribution in [0.25, 0.3) is 0 Å². The second-order valence-corrected chi connectivity index (χ2v) is 7.75. The first kappa shape index (κ1) is 19.7. The molecule has 1 aliphatic heterocycles. The summed E-state index contributed by atoms with van der Waals surface area (Å²) in [7, 11) is 1.58. The third kappa shape index (κ3) is 4.22. The summed E-state index contributed by atoms with van der Waals surface area (Å²) in [6.45, 7) is 2.41. The molecule has 30 heavy (non-hydrogen) atoms. The van der Waals surface area contributed by atoms with E-state index >= 15 is 0 Å². The van der Waals surface area contributed by atoms with Gasteiger partial charge in [0, 0.05) is 18.9 Å². The van der Waals surface area contributed by atoms with E-state index in [4.69, 9.17) is 10.5 Å². The van der Waals surface area contributed by atoms with Crippen LogP contribution >= 0.6 is 0 Å². The lowest BCUT2D eigenvalue weighted by molar-refractivity contribution is -0.128. The van der Waals surface area contributed by atoms with E-state index in [1.54, 1.807) is 32.3 Å². The molecule has 2 aromatic rings. The fraction of sp³-hybridized carbons (Fsp3) is 0.400. The van der Waals surface area contributed by atoms with Crippen molar-refractivity contribution in [2.45, 2.75) is 31.7 Å². The van der Waals surface area contributed by atoms with Crippen molar-refractivity contribution in [1.29, 1.82) is 0 Å². The highest BCUT2D eigenvalue weighted by molar-refractivity contribution is 6.02. The van der Waals surface area contributed by atoms with Gasteiger partial charge in [-0.1, -0.05) is 0 Å². The summed E-state index contributed by atoms with van der Waals surface area (Å²) in [5.41, 5.74) is 6.15. The Bertz CT molecular complexity index is 1000.